The summed E-state index contributed by atoms with van der Waals surface area (Å²) in [6.07, 6.45) is 2.30. The normalized spacial score (nSPS) is 20.3. The fraction of sp³-hybridized carbons (Fsp3) is 0.600. The van der Waals surface area contributed by atoms with Gasteiger partial charge in [0.2, 0.25) is 0 Å². The highest BCUT2D eigenvalue weighted by atomic mass is 15.1. The van der Waals surface area contributed by atoms with Gasteiger partial charge in [-0.25, -0.2) is 0 Å². The first-order valence-electron chi connectivity index (χ1n) is 6.87. The molecule has 1 unspecified atom stereocenters. The summed E-state index contributed by atoms with van der Waals surface area (Å²) in [5.41, 5.74) is 8.20. The Hall–Kier alpha value is -1.06. The van der Waals surface area contributed by atoms with E-state index >= 15 is 0 Å². The molecule has 3 heteroatoms. The van der Waals surface area contributed by atoms with Gasteiger partial charge in [0.15, 0.2) is 0 Å². The molecule has 3 nitrogen and oxygen atoms in total. The number of hydrogen-bond donors (Lipinski definition) is 1. The molecular weight excluding hydrogens is 222 g/mol. The van der Waals surface area contributed by atoms with Crippen LogP contribution in [0.15, 0.2) is 24.3 Å². The molecule has 1 heterocycles. The van der Waals surface area contributed by atoms with Gasteiger partial charge in [0, 0.05) is 25.8 Å². The van der Waals surface area contributed by atoms with Gasteiger partial charge in [-0.2, -0.15) is 0 Å². The highest BCUT2D eigenvalue weighted by Gasteiger charge is 2.20. The van der Waals surface area contributed by atoms with Crippen molar-refractivity contribution in [3.8, 4) is 0 Å². The Bertz CT molecular complexity index is 361. The Morgan fingerprint density at radius 2 is 2.06 bits per heavy atom. The van der Waals surface area contributed by atoms with Crippen molar-refractivity contribution in [3.05, 3.63) is 29.8 Å². The molecule has 2 N–H and O–H groups in total. The molecule has 0 saturated carbocycles. The molecule has 1 aliphatic rings. The molecule has 1 aromatic rings. The lowest BCUT2D eigenvalue weighted by Crippen LogP contribution is -2.27. The van der Waals surface area contributed by atoms with Crippen molar-refractivity contribution in [1.82, 2.24) is 4.90 Å². The Morgan fingerprint density at radius 1 is 1.33 bits per heavy atom. The minimum Gasteiger partial charge on any atom is -0.374 e. The van der Waals surface area contributed by atoms with Crippen LogP contribution in [0.4, 0.5) is 5.69 Å². The lowest BCUT2D eigenvalue weighted by atomic mass is 10.1. The summed E-state index contributed by atoms with van der Waals surface area (Å²) in [4.78, 5) is 4.79. The van der Waals surface area contributed by atoms with E-state index in [4.69, 9.17) is 5.73 Å². The largest absolute Gasteiger partial charge is 0.374 e. The Labute approximate surface area is 111 Å². The monoisotopic (exact) mass is 247 g/mol. The fourth-order valence-electron chi connectivity index (χ4n) is 2.75. The van der Waals surface area contributed by atoms with Gasteiger partial charge in [-0.15, -0.1) is 0 Å². The van der Waals surface area contributed by atoms with Gasteiger partial charge in [0.25, 0.3) is 0 Å². The molecule has 0 spiro atoms. The van der Waals surface area contributed by atoms with Gasteiger partial charge in [-0.3, -0.25) is 0 Å². The molecule has 1 fully saturated rings. The minimum absolute atomic E-state index is 0.726. The average molecular weight is 247 g/mol. The van der Waals surface area contributed by atoms with Crippen molar-refractivity contribution in [2.45, 2.75) is 12.8 Å². The van der Waals surface area contributed by atoms with Crippen LogP contribution in [0.3, 0.4) is 0 Å². The summed E-state index contributed by atoms with van der Waals surface area (Å²) in [5, 5.41) is 0. The number of nitrogens with zero attached hydrogens (tertiary/aromatic N) is 2. The van der Waals surface area contributed by atoms with E-state index in [1.165, 1.54) is 30.8 Å². The summed E-state index contributed by atoms with van der Waals surface area (Å²) in [5.74, 6) is 0.809. The maximum Gasteiger partial charge on any atom is 0.0363 e. The Kier molecular flexibility index (Phi) is 4.61. The van der Waals surface area contributed by atoms with Crippen molar-refractivity contribution in [2.75, 3.05) is 45.2 Å². The maximum atomic E-state index is 5.57. The van der Waals surface area contributed by atoms with E-state index in [-0.39, 0.29) is 0 Å². The van der Waals surface area contributed by atoms with Crippen LogP contribution in [0.2, 0.25) is 0 Å². The number of hydrogen-bond acceptors (Lipinski definition) is 3. The highest BCUT2D eigenvalue weighted by molar-refractivity contribution is 5.47. The van der Waals surface area contributed by atoms with E-state index in [0.717, 1.165) is 25.4 Å². The zero-order chi connectivity index (χ0) is 13.0. The third kappa shape index (κ3) is 3.47. The van der Waals surface area contributed by atoms with E-state index in [9.17, 15) is 0 Å². The van der Waals surface area contributed by atoms with Gasteiger partial charge in [0.1, 0.15) is 0 Å². The van der Waals surface area contributed by atoms with Crippen molar-refractivity contribution in [3.63, 3.8) is 0 Å². The Morgan fingerprint density at radius 3 is 2.61 bits per heavy atom. The molecule has 0 aliphatic carbocycles. The van der Waals surface area contributed by atoms with Crippen LogP contribution in [0.1, 0.15) is 12.0 Å². The predicted octanol–water partition coefficient (Wildman–Crippen LogP) is 1.58. The van der Waals surface area contributed by atoms with Gasteiger partial charge in [-0.1, -0.05) is 12.1 Å². The van der Waals surface area contributed by atoms with Gasteiger partial charge < -0.3 is 15.5 Å². The minimum atomic E-state index is 0.726. The second kappa shape index (κ2) is 6.21. The van der Waals surface area contributed by atoms with Crippen LogP contribution in [-0.4, -0.2) is 45.2 Å². The first-order chi connectivity index (χ1) is 8.69. The Balaban J connectivity index is 1.90. The van der Waals surface area contributed by atoms with Crippen molar-refractivity contribution < 1.29 is 0 Å². The molecule has 0 aromatic heterocycles. The van der Waals surface area contributed by atoms with E-state index < -0.39 is 0 Å². The van der Waals surface area contributed by atoms with E-state index in [1.807, 2.05) is 0 Å². The number of rotatable bonds is 5. The lowest BCUT2D eigenvalue weighted by molar-refractivity contribution is 0.396. The van der Waals surface area contributed by atoms with Crippen molar-refractivity contribution in [2.24, 2.45) is 11.7 Å². The smallest absolute Gasteiger partial charge is 0.0363 e. The van der Waals surface area contributed by atoms with Crippen LogP contribution < -0.4 is 10.6 Å². The summed E-state index contributed by atoms with van der Waals surface area (Å²) in [6.45, 7) is 4.35. The summed E-state index contributed by atoms with van der Waals surface area (Å²) >= 11 is 0. The van der Waals surface area contributed by atoms with E-state index in [2.05, 4.69) is 48.2 Å². The highest BCUT2D eigenvalue weighted by Crippen LogP contribution is 2.20. The molecular formula is C15H25N3. The van der Waals surface area contributed by atoms with Crippen LogP contribution in [0.25, 0.3) is 0 Å². The topological polar surface area (TPSA) is 32.5 Å². The third-order valence-electron chi connectivity index (χ3n) is 3.83. The summed E-state index contributed by atoms with van der Waals surface area (Å²) in [6, 6.07) is 8.81. The molecule has 1 atom stereocenters. The maximum absolute atomic E-state index is 5.57. The van der Waals surface area contributed by atoms with Crippen molar-refractivity contribution >= 4 is 5.69 Å². The molecule has 0 amide bonds. The quantitative estimate of drug-likeness (QED) is 0.857. The lowest BCUT2D eigenvalue weighted by Gasteiger charge is -2.23. The first kappa shape index (κ1) is 13.4. The zero-order valence-corrected chi connectivity index (χ0v) is 11.6. The first-order valence-corrected chi connectivity index (χ1v) is 6.87. The zero-order valence-electron chi connectivity index (χ0n) is 11.6. The fourth-order valence-corrected chi connectivity index (χ4v) is 2.75. The molecule has 1 saturated heterocycles. The van der Waals surface area contributed by atoms with Crippen LogP contribution in [-0.2, 0) is 6.42 Å². The second-order valence-corrected chi connectivity index (χ2v) is 5.50. The van der Waals surface area contributed by atoms with Crippen LogP contribution in [0.5, 0.6) is 0 Å². The molecule has 2 rings (SSSR count). The molecule has 0 radical (unpaired) electrons. The van der Waals surface area contributed by atoms with Gasteiger partial charge in [0.05, 0.1) is 0 Å². The van der Waals surface area contributed by atoms with Crippen LogP contribution >= 0.6 is 0 Å². The number of benzene rings is 1. The SMILES string of the molecule is CN1CCC(CN(C)c2ccc(CCN)cc2)C1. The number of anilines is 1. The third-order valence-corrected chi connectivity index (χ3v) is 3.83. The predicted molar refractivity (Wildman–Crippen MR) is 78.1 cm³/mol. The number of likely N-dealkylation sites (tertiary alicyclic amines) is 1. The molecule has 18 heavy (non-hydrogen) atoms. The van der Waals surface area contributed by atoms with Crippen LogP contribution in [0, 0.1) is 5.92 Å². The second-order valence-electron chi connectivity index (χ2n) is 5.50. The summed E-state index contributed by atoms with van der Waals surface area (Å²) < 4.78 is 0. The van der Waals surface area contributed by atoms with Gasteiger partial charge in [-0.05, 0) is 56.6 Å². The van der Waals surface area contributed by atoms with E-state index in [0.29, 0.717) is 0 Å². The number of nitrogens with two attached hydrogens (primary N) is 1. The van der Waals surface area contributed by atoms with E-state index in [1.54, 1.807) is 0 Å². The average Bonchev–Trinajstić information content (AvgIpc) is 2.76. The van der Waals surface area contributed by atoms with Crippen molar-refractivity contribution in [1.29, 1.82) is 0 Å². The molecule has 100 valence electrons. The molecule has 1 aromatic carbocycles. The van der Waals surface area contributed by atoms with Gasteiger partial charge >= 0.3 is 0 Å². The standard InChI is InChI=1S/C15H25N3/c1-17-10-8-14(11-17)12-18(2)15-5-3-13(4-6-15)7-9-16/h3-6,14H,7-12,16H2,1-2H3. The summed E-state index contributed by atoms with van der Waals surface area (Å²) in [7, 11) is 4.40. The molecule has 1 aliphatic heterocycles. The molecule has 0 bridgehead atoms.